The Labute approximate surface area is 52.7 Å². The zero-order valence-electron chi connectivity index (χ0n) is 5.31. The third kappa shape index (κ3) is 1.45. The van der Waals surface area contributed by atoms with Gasteiger partial charge in [-0.3, -0.25) is 4.79 Å². The first kappa shape index (κ1) is 6.13. The summed E-state index contributed by atoms with van der Waals surface area (Å²) in [4.78, 5) is 10.4. The summed E-state index contributed by atoms with van der Waals surface area (Å²) in [6, 6.07) is 1.48. The van der Waals surface area contributed by atoms with Crippen molar-refractivity contribution >= 4 is 0 Å². The summed E-state index contributed by atoms with van der Waals surface area (Å²) in [5, 5.41) is 2.22. The molecule has 9 heavy (non-hydrogen) atoms. The van der Waals surface area contributed by atoms with E-state index >= 15 is 0 Å². The summed E-state index contributed by atoms with van der Waals surface area (Å²) >= 11 is 0. The summed E-state index contributed by atoms with van der Waals surface area (Å²) < 4.78 is 4.77. The third-order valence-corrected chi connectivity index (χ3v) is 1.07. The number of aromatic nitrogens is 1. The quantitative estimate of drug-likeness (QED) is 0.642. The van der Waals surface area contributed by atoms with Gasteiger partial charge in [-0.25, -0.2) is 0 Å². The number of aryl methyl sites for hydroxylation is 1. The van der Waals surface area contributed by atoms with Crippen molar-refractivity contribution in [3.63, 3.8) is 0 Å². The van der Waals surface area contributed by atoms with Crippen LogP contribution in [0.5, 0.6) is 0 Å². The Bertz CT molecular complexity index is 223. The second-order valence-corrected chi connectivity index (χ2v) is 1.93. The average molecular weight is 127 g/mol. The highest BCUT2D eigenvalue weighted by Crippen LogP contribution is 1.95. The van der Waals surface area contributed by atoms with E-state index in [0.717, 1.165) is 18.6 Å². The second-order valence-electron chi connectivity index (χ2n) is 1.93. The lowest BCUT2D eigenvalue weighted by molar-refractivity contribution is 0.377. The molecule has 0 amide bonds. The van der Waals surface area contributed by atoms with Crippen LogP contribution in [0.1, 0.15) is 19.1 Å². The van der Waals surface area contributed by atoms with Crippen LogP contribution >= 0.6 is 0 Å². The monoisotopic (exact) mass is 127 g/mol. The first-order valence-electron chi connectivity index (χ1n) is 3.00. The molecule has 0 aromatic carbocycles. The van der Waals surface area contributed by atoms with E-state index in [4.69, 9.17) is 4.52 Å². The Balaban J connectivity index is 2.73. The molecule has 0 bridgehead atoms. The van der Waals surface area contributed by atoms with Gasteiger partial charge in [0.1, 0.15) is 5.76 Å². The molecule has 0 radical (unpaired) electrons. The zero-order chi connectivity index (χ0) is 6.69. The Morgan fingerprint density at radius 1 is 1.78 bits per heavy atom. The third-order valence-electron chi connectivity index (χ3n) is 1.07. The van der Waals surface area contributed by atoms with E-state index in [0.29, 0.717) is 0 Å². The lowest BCUT2D eigenvalue weighted by Gasteiger charge is -1.83. The highest BCUT2D eigenvalue weighted by molar-refractivity contribution is 4.92. The molecule has 0 fully saturated rings. The summed E-state index contributed by atoms with van der Waals surface area (Å²) in [6.45, 7) is 2.03. The van der Waals surface area contributed by atoms with Crippen molar-refractivity contribution < 1.29 is 4.52 Å². The molecule has 1 heterocycles. The Kier molecular flexibility index (Phi) is 1.72. The molecule has 3 heteroatoms. The van der Waals surface area contributed by atoms with Crippen LogP contribution in [0.2, 0.25) is 0 Å². The Morgan fingerprint density at radius 3 is 3.00 bits per heavy atom. The van der Waals surface area contributed by atoms with Gasteiger partial charge in [0.15, 0.2) is 0 Å². The van der Waals surface area contributed by atoms with Crippen molar-refractivity contribution in [1.29, 1.82) is 0 Å². The lowest BCUT2D eigenvalue weighted by atomic mass is 10.3. The largest absolute Gasteiger partial charge is 0.384 e. The number of H-pyrrole nitrogens is 1. The first-order valence-corrected chi connectivity index (χ1v) is 3.00. The van der Waals surface area contributed by atoms with E-state index in [1.165, 1.54) is 6.07 Å². The maximum atomic E-state index is 10.4. The molecule has 0 saturated carbocycles. The van der Waals surface area contributed by atoms with Crippen LogP contribution in [0.4, 0.5) is 0 Å². The summed E-state index contributed by atoms with van der Waals surface area (Å²) in [5.41, 5.74) is -0.154. The van der Waals surface area contributed by atoms with Crippen LogP contribution in [0, 0.1) is 0 Å². The highest BCUT2D eigenvalue weighted by atomic mass is 16.5. The normalized spacial score (nSPS) is 9.89. The maximum Gasteiger partial charge on any atom is 0.280 e. The van der Waals surface area contributed by atoms with E-state index in [1.807, 2.05) is 6.92 Å². The Morgan fingerprint density at radius 2 is 2.56 bits per heavy atom. The van der Waals surface area contributed by atoms with Crippen molar-refractivity contribution in [1.82, 2.24) is 5.16 Å². The molecule has 1 aromatic heterocycles. The minimum absolute atomic E-state index is 0.154. The van der Waals surface area contributed by atoms with Gasteiger partial charge in [-0.05, 0) is 6.42 Å². The zero-order valence-corrected chi connectivity index (χ0v) is 5.31. The molecule has 0 aliphatic carbocycles. The van der Waals surface area contributed by atoms with Gasteiger partial charge in [0.2, 0.25) is 0 Å². The predicted octanol–water partition coefficient (Wildman–Crippen LogP) is 0.920. The van der Waals surface area contributed by atoms with Crippen molar-refractivity contribution in [3.8, 4) is 0 Å². The number of rotatable bonds is 2. The van der Waals surface area contributed by atoms with Gasteiger partial charge in [0.25, 0.3) is 5.56 Å². The van der Waals surface area contributed by atoms with Gasteiger partial charge in [0, 0.05) is 12.5 Å². The molecule has 1 rings (SSSR count). The van der Waals surface area contributed by atoms with Crippen LogP contribution in [0.15, 0.2) is 15.4 Å². The number of nitrogens with one attached hydrogen (secondary N) is 1. The van der Waals surface area contributed by atoms with E-state index in [1.54, 1.807) is 0 Å². The molecule has 0 unspecified atom stereocenters. The summed E-state index contributed by atoms with van der Waals surface area (Å²) in [5.74, 6) is 0.738. The maximum absolute atomic E-state index is 10.4. The molecule has 0 spiro atoms. The lowest BCUT2D eigenvalue weighted by Crippen LogP contribution is -1.92. The van der Waals surface area contributed by atoms with Gasteiger partial charge in [-0.15, -0.1) is 0 Å². The van der Waals surface area contributed by atoms with Crippen molar-refractivity contribution in [2.75, 3.05) is 0 Å². The summed E-state index contributed by atoms with van der Waals surface area (Å²) in [7, 11) is 0. The standard InChI is InChI=1S/C6H9NO2/c1-2-3-5-4-6(8)7-9-5/h4H,2-3H2,1H3,(H,7,8). The van der Waals surface area contributed by atoms with Crippen LogP contribution in [0.25, 0.3) is 0 Å². The Hall–Kier alpha value is -0.990. The molecule has 0 aliphatic heterocycles. The van der Waals surface area contributed by atoms with Gasteiger partial charge >= 0.3 is 0 Å². The van der Waals surface area contributed by atoms with Crippen LogP contribution < -0.4 is 5.56 Å². The van der Waals surface area contributed by atoms with Gasteiger partial charge in [-0.1, -0.05) is 6.92 Å². The van der Waals surface area contributed by atoms with E-state index in [-0.39, 0.29) is 5.56 Å². The molecule has 1 N–H and O–H groups in total. The van der Waals surface area contributed by atoms with E-state index in [9.17, 15) is 4.79 Å². The average Bonchev–Trinajstić information content (AvgIpc) is 2.17. The second kappa shape index (κ2) is 2.53. The predicted molar refractivity (Wildman–Crippen MR) is 33.3 cm³/mol. The molecule has 0 atom stereocenters. The van der Waals surface area contributed by atoms with Crippen molar-refractivity contribution in [2.45, 2.75) is 19.8 Å². The first-order chi connectivity index (χ1) is 4.33. The SMILES string of the molecule is CCCc1cc(=O)[nH]o1. The van der Waals surface area contributed by atoms with Crippen LogP contribution in [-0.4, -0.2) is 5.16 Å². The number of aromatic amines is 1. The van der Waals surface area contributed by atoms with Gasteiger partial charge < -0.3 is 4.52 Å². The van der Waals surface area contributed by atoms with Crippen LogP contribution in [-0.2, 0) is 6.42 Å². The molecular weight excluding hydrogens is 118 g/mol. The summed E-state index contributed by atoms with van der Waals surface area (Å²) in [6.07, 6.45) is 1.83. The van der Waals surface area contributed by atoms with Crippen molar-refractivity contribution in [3.05, 3.63) is 22.2 Å². The molecule has 50 valence electrons. The molecular formula is C6H9NO2. The van der Waals surface area contributed by atoms with Crippen molar-refractivity contribution in [2.24, 2.45) is 0 Å². The van der Waals surface area contributed by atoms with E-state index < -0.39 is 0 Å². The fourth-order valence-electron chi connectivity index (χ4n) is 0.691. The van der Waals surface area contributed by atoms with E-state index in [2.05, 4.69) is 5.16 Å². The topological polar surface area (TPSA) is 46.0 Å². The molecule has 0 saturated heterocycles. The highest BCUT2D eigenvalue weighted by Gasteiger charge is 1.94. The number of hydrogen-bond acceptors (Lipinski definition) is 2. The number of hydrogen-bond donors (Lipinski definition) is 1. The van der Waals surface area contributed by atoms with Crippen LogP contribution in [0.3, 0.4) is 0 Å². The smallest absolute Gasteiger partial charge is 0.280 e. The molecule has 0 aliphatic rings. The van der Waals surface area contributed by atoms with Gasteiger partial charge in [0.05, 0.1) is 0 Å². The minimum Gasteiger partial charge on any atom is -0.384 e. The fraction of sp³-hybridized carbons (Fsp3) is 0.500. The van der Waals surface area contributed by atoms with Gasteiger partial charge in [-0.2, -0.15) is 5.16 Å². The minimum atomic E-state index is -0.154. The molecule has 3 nitrogen and oxygen atoms in total. The fourth-order valence-corrected chi connectivity index (χ4v) is 0.691. The molecule has 1 aromatic rings.